The first-order valence-electron chi connectivity index (χ1n) is 5.08. The molecule has 0 aliphatic rings. The lowest BCUT2D eigenvalue weighted by atomic mass is 10.1. The van der Waals surface area contributed by atoms with Crippen molar-refractivity contribution < 1.29 is 4.79 Å². The first-order chi connectivity index (χ1) is 7.61. The van der Waals surface area contributed by atoms with Crippen LogP contribution in [-0.4, -0.2) is 10.9 Å². The minimum Gasteiger partial charge on any atom is -0.398 e. The average Bonchev–Trinajstić information content (AvgIpc) is 2.21. The first-order valence-corrected chi connectivity index (χ1v) is 6.07. The Bertz CT molecular complexity index is 423. The molecule has 16 heavy (non-hydrogen) atoms. The minimum absolute atomic E-state index is 0.136. The highest BCUT2D eigenvalue weighted by Crippen LogP contribution is 2.14. The highest BCUT2D eigenvalue weighted by atomic mass is 32.2. The number of benzene rings is 1. The van der Waals surface area contributed by atoms with E-state index in [0.717, 1.165) is 16.9 Å². The number of rotatable bonds is 2. The van der Waals surface area contributed by atoms with Crippen LogP contribution in [0.5, 0.6) is 0 Å². The molecule has 0 aromatic heterocycles. The smallest absolute Gasteiger partial charge is 0.185 e. The molecule has 0 heterocycles. The molecule has 0 radical (unpaired) electrons. The summed E-state index contributed by atoms with van der Waals surface area (Å²) in [5.41, 5.74) is 8.53. The molecular weight excluding hydrogens is 218 g/mol. The summed E-state index contributed by atoms with van der Waals surface area (Å²) in [5, 5.41) is 0.136. The molecule has 0 aliphatic heterocycles. The number of carbonyl (C=O) groups is 1. The van der Waals surface area contributed by atoms with E-state index < -0.39 is 0 Å². The summed E-state index contributed by atoms with van der Waals surface area (Å²) in [7, 11) is 0. The maximum atomic E-state index is 10.7. The van der Waals surface area contributed by atoms with Crippen molar-refractivity contribution in [3.63, 3.8) is 0 Å². The van der Waals surface area contributed by atoms with Gasteiger partial charge in [0.15, 0.2) is 5.12 Å². The van der Waals surface area contributed by atoms with Gasteiger partial charge in [-0.2, -0.15) is 0 Å². The Morgan fingerprint density at radius 1 is 1.50 bits per heavy atom. The highest BCUT2D eigenvalue weighted by Gasteiger charge is 1.97. The van der Waals surface area contributed by atoms with Crippen molar-refractivity contribution in [2.45, 2.75) is 20.3 Å². The number of nitrogen functional groups attached to an aromatic ring is 1. The quantitative estimate of drug-likeness (QED) is 0.485. The van der Waals surface area contributed by atoms with Crippen LogP contribution in [0.25, 0.3) is 0 Å². The number of carbonyl (C=O) groups excluding carboxylic acids is 1. The monoisotopic (exact) mass is 233 g/mol. The predicted molar refractivity (Wildman–Crippen MR) is 70.2 cm³/mol. The van der Waals surface area contributed by atoms with E-state index in [0.29, 0.717) is 12.1 Å². The zero-order chi connectivity index (χ0) is 12.0. The van der Waals surface area contributed by atoms with Gasteiger partial charge in [-0.15, -0.1) is 0 Å². The summed E-state index contributed by atoms with van der Waals surface area (Å²) in [6.07, 6.45) is 0.706. The average molecular weight is 233 g/mol. The van der Waals surface area contributed by atoms with Gasteiger partial charge >= 0.3 is 0 Å². The second kappa shape index (κ2) is 6.24. The van der Waals surface area contributed by atoms with Gasteiger partial charge in [0.25, 0.3) is 0 Å². The van der Waals surface area contributed by atoms with E-state index in [9.17, 15) is 4.79 Å². The second-order valence-electron chi connectivity index (χ2n) is 3.43. The van der Waals surface area contributed by atoms with E-state index in [2.05, 4.69) is 11.8 Å². The minimum atomic E-state index is 0.136. The number of nitrogens with two attached hydrogens (primary N) is 1. The molecular formula is C13H15NOS. The lowest BCUT2D eigenvalue weighted by Gasteiger charge is -2.00. The molecule has 0 spiro atoms. The van der Waals surface area contributed by atoms with E-state index in [1.54, 1.807) is 6.92 Å². The third-order valence-electron chi connectivity index (χ3n) is 2.05. The fourth-order valence-corrected chi connectivity index (χ4v) is 1.75. The Labute approximate surface area is 101 Å². The van der Waals surface area contributed by atoms with Crippen LogP contribution in [0.1, 0.15) is 24.5 Å². The molecule has 0 fully saturated rings. The summed E-state index contributed by atoms with van der Waals surface area (Å²) in [6.45, 7) is 3.56. The predicted octanol–water partition coefficient (Wildman–Crippen LogP) is 2.60. The number of thioether (sulfide) groups is 1. The van der Waals surface area contributed by atoms with E-state index in [-0.39, 0.29) is 5.12 Å². The molecule has 0 bridgehead atoms. The van der Waals surface area contributed by atoms with Gasteiger partial charge in [-0.3, -0.25) is 4.79 Å². The van der Waals surface area contributed by atoms with Crippen molar-refractivity contribution >= 4 is 22.6 Å². The van der Waals surface area contributed by atoms with Gasteiger partial charge in [0.2, 0.25) is 0 Å². The molecule has 1 aromatic carbocycles. The molecule has 0 saturated heterocycles. The standard InChI is InChI=1S/C13H15NOS/c1-10-6-5-8-13(14)12(10)7-3-4-9-16-11(2)15/h5-6,8H,4,9,14H2,1-2H3. The van der Waals surface area contributed by atoms with Gasteiger partial charge in [-0.25, -0.2) is 0 Å². The molecule has 0 saturated carbocycles. The summed E-state index contributed by atoms with van der Waals surface area (Å²) in [6, 6.07) is 5.76. The topological polar surface area (TPSA) is 43.1 Å². The molecule has 0 unspecified atom stereocenters. The van der Waals surface area contributed by atoms with Gasteiger partial charge in [-0.1, -0.05) is 35.7 Å². The molecule has 0 amide bonds. The van der Waals surface area contributed by atoms with E-state index in [4.69, 9.17) is 5.73 Å². The molecule has 1 aromatic rings. The zero-order valence-electron chi connectivity index (χ0n) is 9.54. The largest absolute Gasteiger partial charge is 0.398 e. The third-order valence-corrected chi connectivity index (χ3v) is 2.87. The van der Waals surface area contributed by atoms with Crippen LogP contribution >= 0.6 is 11.8 Å². The molecule has 0 atom stereocenters. The number of hydrogen-bond acceptors (Lipinski definition) is 3. The van der Waals surface area contributed by atoms with Crippen molar-refractivity contribution in [1.82, 2.24) is 0 Å². The number of aryl methyl sites for hydroxylation is 1. The third kappa shape index (κ3) is 4.00. The maximum absolute atomic E-state index is 10.7. The van der Waals surface area contributed by atoms with Crippen LogP contribution < -0.4 is 5.73 Å². The first kappa shape index (κ1) is 12.7. The normalized spacial score (nSPS) is 9.38. The Kier molecular flexibility index (Phi) is 4.94. The van der Waals surface area contributed by atoms with Crippen LogP contribution in [0.4, 0.5) is 5.69 Å². The summed E-state index contributed by atoms with van der Waals surface area (Å²) in [5.74, 6) is 6.84. The molecule has 1 rings (SSSR count). The van der Waals surface area contributed by atoms with Gasteiger partial charge in [0, 0.05) is 24.8 Å². The van der Waals surface area contributed by atoms with Crippen molar-refractivity contribution in [3.8, 4) is 11.8 Å². The Hall–Kier alpha value is -1.40. The van der Waals surface area contributed by atoms with Crippen LogP contribution in [0, 0.1) is 18.8 Å². The zero-order valence-corrected chi connectivity index (χ0v) is 10.4. The summed E-state index contributed by atoms with van der Waals surface area (Å²) in [4.78, 5) is 10.7. The maximum Gasteiger partial charge on any atom is 0.185 e. The van der Waals surface area contributed by atoms with Crippen LogP contribution in [0.2, 0.25) is 0 Å². The lowest BCUT2D eigenvalue weighted by molar-refractivity contribution is -0.109. The van der Waals surface area contributed by atoms with Crippen molar-refractivity contribution in [3.05, 3.63) is 29.3 Å². The SMILES string of the molecule is CC(=O)SCCC#Cc1c(C)cccc1N. The van der Waals surface area contributed by atoms with Crippen LogP contribution in [0.15, 0.2) is 18.2 Å². The number of anilines is 1. The van der Waals surface area contributed by atoms with E-state index >= 15 is 0 Å². The molecule has 0 aliphatic carbocycles. The molecule has 2 nitrogen and oxygen atoms in total. The van der Waals surface area contributed by atoms with E-state index in [1.807, 2.05) is 25.1 Å². The van der Waals surface area contributed by atoms with Crippen molar-refractivity contribution in [1.29, 1.82) is 0 Å². The highest BCUT2D eigenvalue weighted by molar-refractivity contribution is 8.13. The summed E-state index contributed by atoms with van der Waals surface area (Å²) >= 11 is 1.30. The van der Waals surface area contributed by atoms with Gasteiger partial charge in [0.1, 0.15) is 0 Å². The number of hydrogen-bond donors (Lipinski definition) is 1. The van der Waals surface area contributed by atoms with Gasteiger partial charge < -0.3 is 5.73 Å². The lowest BCUT2D eigenvalue weighted by Crippen LogP contribution is -1.92. The second-order valence-corrected chi connectivity index (χ2v) is 4.70. The molecule has 84 valence electrons. The van der Waals surface area contributed by atoms with Crippen LogP contribution in [-0.2, 0) is 4.79 Å². The fourth-order valence-electron chi connectivity index (χ4n) is 1.26. The Balaban J connectivity index is 2.60. The van der Waals surface area contributed by atoms with Gasteiger partial charge in [0.05, 0.1) is 5.56 Å². The van der Waals surface area contributed by atoms with Crippen molar-refractivity contribution in [2.75, 3.05) is 11.5 Å². The summed E-state index contributed by atoms with van der Waals surface area (Å²) < 4.78 is 0. The van der Waals surface area contributed by atoms with Gasteiger partial charge in [-0.05, 0) is 18.6 Å². The van der Waals surface area contributed by atoms with E-state index in [1.165, 1.54) is 11.8 Å². The Morgan fingerprint density at radius 3 is 2.88 bits per heavy atom. The molecule has 2 N–H and O–H groups in total. The fraction of sp³-hybridized carbons (Fsp3) is 0.308. The van der Waals surface area contributed by atoms with Crippen molar-refractivity contribution in [2.24, 2.45) is 0 Å². The Morgan fingerprint density at radius 2 is 2.25 bits per heavy atom. The van der Waals surface area contributed by atoms with Crippen LogP contribution in [0.3, 0.4) is 0 Å². The molecule has 3 heteroatoms.